The van der Waals surface area contributed by atoms with Gasteiger partial charge >= 0.3 is 5.97 Å². The molecule has 0 aliphatic heterocycles. The van der Waals surface area contributed by atoms with Crippen LogP contribution in [0.15, 0.2) is 12.3 Å². The van der Waals surface area contributed by atoms with Gasteiger partial charge in [0, 0.05) is 11.9 Å². The Bertz CT molecular complexity index is 415. The maximum atomic E-state index is 11.5. The number of fused-ring (bicyclic) bond motifs is 1. The van der Waals surface area contributed by atoms with E-state index in [0.717, 1.165) is 25.0 Å². The second kappa shape index (κ2) is 5.30. The molecule has 17 heavy (non-hydrogen) atoms. The van der Waals surface area contributed by atoms with Crippen LogP contribution in [-0.2, 0) is 22.4 Å². The fraction of sp³-hybridized carbons (Fsp3) is 0.571. The molecule has 0 radical (unpaired) electrons. The van der Waals surface area contributed by atoms with Crippen LogP contribution in [0.25, 0.3) is 0 Å². The first kappa shape index (κ1) is 12.1. The third-order valence-corrected chi connectivity index (χ3v) is 3.36. The van der Waals surface area contributed by atoms with Crippen LogP contribution in [0, 0.1) is 0 Å². The highest BCUT2D eigenvalue weighted by Crippen LogP contribution is 2.35. The number of aryl methyl sites for hydroxylation is 2. The maximum absolute atomic E-state index is 11.5. The van der Waals surface area contributed by atoms with Crippen molar-refractivity contribution in [2.45, 2.75) is 45.4 Å². The molecule has 0 aromatic carbocycles. The van der Waals surface area contributed by atoms with Crippen molar-refractivity contribution in [1.82, 2.24) is 4.98 Å². The SMILES string of the molecule is CCOC(=O)CC1CCc2cc(CC)ncc21. The smallest absolute Gasteiger partial charge is 0.306 e. The van der Waals surface area contributed by atoms with Gasteiger partial charge in [-0.15, -0.1) is 0 Å². The molecule has 0 spiro atoms. The molecule has 0 saturated heterocycles. The number of carbonyl (C=O) groups excluding carboxylic acids is 1. The largest absolute Gasteiger partial charge is 0.466 e. The molecule has 1 atom stereocenters. The Kier molecular flexibility index (Phi) is 3.77. The van der Waals surface area contributed by atoms with Gasteiger partial charge in [0.05, 0.1) is 13.0 Å². The van der Waals surface area contributed by atoms with Gasteiger partial charge in [0.1, 0.15) is 0 Å². The Balaban J connectivity index is 2.09. The molecule has 1 heterocycles. The number of carbonyl (C=O) groups is 1. The highest BCUT2D eigenvalue weighted by Gasteiger charge is 2.25. The van der Waals surface area contributed by atoms with Gasteiger partial charge in [0.25, 0.3) is 0 Å². The Morgan fingerprint density at radius 1 is 1.53 bits per heavy atom. The standard InChI is InChI=1S/C14H19NO2/c1-3-12-7-10-5-6-11(13(10)9-15-12)8-14(16)17-4-2/h7,9,11H,3-6,8H2,1-2H3. The molecule has 0 bridgehead atoms. The fourth-order valence-electron chi connectivity index (χ4n) is 2.45. The molecule has 2 rings (SSSR count). The zero-order valence-electron chi connectivity index (χ0n) is 10.5. The van der Waals surface area contributed by atoms with Crippen molar-refractivity contribution in [2.75, 3.05) is 6.61 Å². The Morgan fingerprint density at radius 2 is 2.35 bits per heavy atom. The number of nitrogens with zero attached hydrogens (tertiary/aromatic N) is 1. The van der Waals surface area contributed by atoms with Crippen LogP contribution in [-0.4, -0.2) is 17.6 Å². The van der Waals surface area contributed by atoms with Gasteiger partial charge in [-0.2, -0.15) is 0 Å². The highest BCUT2D eigenvalue weighted by molar-refractivity contribution is 5.70. The van der Waals surface area contributed by atoms with Gasteiger partial charge < -0.3 is 4.74 Å². The van der Waals surface area contributed by atoms with E-state index in [4.69, 9.17) is 4.74 Å². The van der Waals surface area contributed by atoms with Crippen LogP contribution in [0.1, 0.15) is 49.4 Å². The predicted octanol–water partition coefficient (Wildman–Crippen LogP) is 2.63. The fourth-order valence-corrected chi connectivity index (χ4v) is 2.45. The Labute approximate surface area is 102 Å². The second-order valence-electron chi connectivity index (χ2n) is 4.47. The van der Waals surface area contributed by atoms with Gasteiger partial charge in [0.15, 0.2) is 0 Å². The predicted molar refractivity (Wildman–Crippen MR) is 65.9 cm³/mol. The van der Waals surface area contributed by atoms with Crippen LogP contribution >= 0.6 is 0 Å². The number of hydrogen-bond acceptors (Lipinski definition) is 3. The quantitative estimate of drug-likeness (QED) is 0.750. The zero-order valence-corrected chi connectivity index (χ0v) is 10.5. The lowest BCUT2D eigenvalue weighted by Gasteiger charge is -2.10. The molecule has 1 aromatic heterocycles. The van der Waals surface area contributed by atoms with Crippen molar-refractivity contribution in [3.63, 3.8) is 0 Å². The van der Waals surface area contributed by atoms with Gasteiger partial charge in [0.2, 0.25) is 0 Å². The summed E-state index contributed by atoms with van der Waals surface area (Å²) in [4.78, 5) is 15.9. The number of aromatic nitrogens is 1. The summed E-state index contributed by atoms with van der Waals surface area (Å²) in [6, 6.07) is 2.18. The minimum absolute atomic E-state index is 0.0927. The van der Waals surface area contributed by atoms with Crippen LogP contribution in [0.3, 0.4) is 0 Å². The molecule has 0 amide bonds. The molecule has 3 nitrogen and oxygen atoms in total. The third kappa shape index (κ3) is 2.65. The van der Waals surface area contributed by atoms with Crippen molar-refractivity contribution in [3.05, 3.63) is 29.1 Å². The van der Waals surface area contributed by atoms with Crippen molar-refractivity contribution in [3.8, 4) is 0 Å². The minimum atomic E-state index is -0.0927. The molecule has 1 aromatic rings. The van der Waals surface area contributed by atoms with E-state index >= 15 is 0 Å². The first-order valence-corrected chi connectivity index (χ1v) is 6.37. The third-order valence-electron chi connectivity index (χ3n) is 3.36. The van der Waals surface area contributed by atoms with Crippen molar-refractivity contribution in [1.29, 1.82) is 0 Å². The summed E-state index contributed by atoms with van der Waals surface area (Å²) < 4.78 is 5.00. The van der Waals surface area contributed by atoms with E-state index in [1.807, 2.05) is 13.1 Å². The lowest BCUT2D eigenvalue weighted by atomic mass is 9.99. The molecular weight excluding hydrogens is 214 g/mol. The van der Waals surface area contributed by atoms with Crippen LogP contribution < -0.4 is 0 Å². The number of hydrogen-bond donors (Lipinski definition) is 0. The summed E-state index contributed by atoms with van der Waals surface area (Å²) in [7, 11) is 0. The molecular formula is C14H19NO2. The normalized spacial score (nSPS) is 17.9. The minimum Gasteiger partial charge on any atom is -0.466 e. The van der Waals surface area contributed by atoms with Gasteiger partial charge in [-0.3, -0.25) is 9.78 Å². The molecule has 0 saturated carbocycles. The van der Waals surface area contributed by atoms with Crippen molar-refractivity contribution >= 4 is 5.97 Å². The van der Waals surface area contributed by atoms with Crippen molar-refractivity contribution in [2.24, 2.45) is 0 Å². The first-order chi connectivity index (χ1) is 8.24. The Hall–Kier alpha value is -1.38. The monoisotopic (exact) mass is 233 g/mol. The lowest BCUT2D eigenvalue weighted by molar-refractivity contribution is -0.143. The average molecular weight is 233 g/mol. The van der Waals surface area contributed by atoms with Gasteiger partial charge in [-0.05, 0) is 49.3 Å². The molecule has 1 aliphatic rings. The molecule has 0 N–H and O–H groups in total. The topological polar surface area (TPSA) is 39.2 Å². The van der Waals surface area contributed by atoms with E-state index in [1.165, 1.54) is 11.1 Å². The average Bonchev–Trinajstić information content (AvgIpc) is 2.72. The summed E-state index contributed by atoms with van der Waals surface area (Å²) in [5.41, 5.74) is 3.75. The van der Waals surface area contributed by atoms with Gasteiger partial charge in [-0.25, -0.2) is 0 Å². The number of esters is 1. The zero-order chi connectivity index (χ0) is 12.3. The maximum Gasteiger partial charge on any atom is 0.306 e. The number of rotatable bonds is 4. The van der Waals surface area contributed by atoms with E-state index in [1.54, 1.807) is 0 Å². The van der Waals surface area contributed by atoms with Crippen LogP contribution in [0.2, 0.25) is 0 Å². The molecule has 1 unspecified atom stereocenters. The van der Waals surface area contributed by atoms with E-state index in [-0.39, 0.29) is 5.97 Å². The molecule has 0 fully saturated rings. The Morgan fingerprint density at radius 3 is 3.06 bits per heavy atom. The van der Waals surface area contributed by atoms with Gasteiger partial charge in [-0.1, -0.05) is 6.92 Å². The number of pyridine rings is 1. The number of ether oxygens (including phenoxy) is 1. The molecule has 1 aliphatic carbocycles. The highest BCUT2D eigenvalue weighted by atomic mass is 16.5. The van der Waals surface area contributed by atoms with E-state index in [2.05, 4.69) is 18.0 Å². The molecule has 92 valence electrons. The van der Waals surface area contributed by atoms with E-state index in [9.17, 15) is 4.79 Å². The van der Waals surface area contributed by atoms with E-state index < -0.39 is 0 Å². The molecule has 3 heteroatoms. The summed E-state index contributed by atoms with van der Waals surface area (Å²) in [6.07, 6.45) is 5.52. The van der Waals surface area contributed by atoms with Crippen molar-refractivity contribution < 1.29 is 9.53 Å². The first-order valence-electron chi connectivity index (χ1n) is 6.37. The van der Waals surface area contributed by atoms with Crippen LogP contribution in [0.5, 0.6) is 0 Å². The summed E-state index contributed by atoms with van der Waals surface area (Å²) in [5.74, 6) is 0.215. The second-order valence-corrected chi connectivity index (χ2v) is 4.47. The van der Waals surface area contributed by atoms with E-state index in [0.29, 0.717) is 18.9 Å². The summed E-state index contributed by atoms with van der Waals surface area (Å²) in [6.45, 7) is 4.42. The summed E-state index contributed by atoms with van der Waals surface area (Å²) in [5, 5.41) is 0. The van der Waals surface area contributed by atoms with Crippen LogP contribution in [0.4, 0.5) is 0 Å². The lowest BCUT2D eigenvalue weighted by Crippen LogP contribution is -2.08. The summed E-state index contributed by atoms with van der Waals surface area (Å²) >= 11 is 0.